The van der Waals surface area contributed by atoms with Crippen LogP contribution in [-0.4, -0.2) is 10.9 Å². The molecule has 0 unspecified atom stereocenters. The Bertz CT molecular complexity index is 359. The van der Waals surface area contributed by atoms with Crippen LogP contribution in [0.4, 0.5) is 0 Å². The van der Waals surface area contributed by atoms with Gasteiger partial charge in [-0.3, -0.25) is 4.79 Å². The lowest BCUT2D eigenvalue weighted by Crippen LogP contribution is -2.30. The lowest BCUT2D eigenvalue weighted by molar-refractivity contribution is -0.122. The number of rotatable bonds is 2. The molecule has 80 valence electrons. The predicted octanol–water partition coefficient (Wildman–Crippen LogP) is 2.79. The Morgan fingerprint density at radius 3 is 2.20 bits per heavy atom. The van der Waals surface area contributed by atoms with E-state index in [9.17, 15) is 9.90 Å². The average molecular weight is 204 g/mol. The van der Waals surface area contributed by atoms with Gasteiger partial charge in [0, 0.05) is 0 Å². The van der Waals surface area contributed by atoms with E-state index in [1.54, 1.807) is 19.1 Å². The summed E-state index contributed by atoms with van der Waals surface area (Å²) in [5, 5.41) is 9.24. The van der Waals surface area contributed by atoms with Crippen molar-refractivity contribution >= 4 is 5.78 Å². The SMILES string of the molecule is CC(=O)C1(c2ccc(O)cc2)CCCC1. The summed E-state index contributed by atoms with van der Waals surface area (Å²) in [6.45, 7) is 1.68. The molecule has 2 rings (SSSR count). The molecule has 0 heterocycles. The smallest absolute Gasteiger partial charge is 0.140 e. The van der Waals surface area contributed by atoms with Gasteiger partial charge in [0.2, 0.25) is 0 Å². The van der Waals surface area contributed by atoms with Crippen molar-refractivity contribution < 1.29 is 9.90 Å². The second-order valence-corrected chi connectivity index (χ2v) is 4.39. The third kappa shape index (κ3) is 1.65. The Kier molecular flexibility index (Phi) is 2.51. The first-order chi connectivity index (χ1) is 7.15. The van der Waals surface area contributed by atoms with Gasteiger partial charge in [-0.15, -0.1) is 0 Å². The van der Waals surface area contributed by atoms with Crippen molar-refractivity contribution in [3.8, 4) is 5.75 Å². The van der Waals surface area contributed by atoms with Crippen LogP contribution in [0.1, 0.15) is 38.2 Å². The van der Waals surface area contributed by atoms with Crippen LogP contribution in [0.25, 0.3) is 0 Å². The maximum atomic E-state index is 11.8. The van der Waals surface area contributed by atoms with Gasteiger partial charge < -0.3 is 5.11 Å². The minimum absolute atomic E-state index is 0.255. The molecule has 1 aromatic rings. The van der Waals surface area contributed by atoms with Crippen LogP contribution in [0.15, 0.2) is 24.3 Å². The molecule has 1 aliphatic rings. The number of phenols is 1. The van der Waals surface area contributed by atoms with E-state index in [1.807, 2.05) is 12.1 Å². The number of ketones is 1. The number of hydrogen-bond donors (Lipinski definition) is 1. The molecule has 1 aliphatic carbocycles. The van der Waals surface area contributed by atoms with E-state index in [1.165, 1.54) is 0 Å². The zero-order valence-electron chi connectivity index (χ0n) is 8.99. The maximum absolute atomic E-state index is 11.8. The summed E-state index contributed by atoms with van der Waals surface area (Å²) in [7, 11) is 0. The van der Waals surface area contributed by atoms with E-state index in [2.05, 4.69) is 0 Å². The number of carbonyl (C=O) groups excluding carboxylic acids is 1. The van der Waals surface area contributed by atoms with E-state index < -0.39 is 0 Å². The highest BCUT2D eigenvalue weighted by Gasteiger charge is 2.39. The zero-order chi connectivity index (χ0) is 10.9. The van der Waals surface area contributed by atoms with Crippen LogP contribution >= 0.6 is 0 Å². The molecule has 0 radical (unpaired) electrons. The summed E-state index contributed by atoms with van der Waals surface area (Å²) in [4.78, 5) is 11.8. The van der Waals surface area contributed by atoms with Crippen LogP contribution in [0.3, 0.4) is 0 Å². The quantitative estimate of drug-likeness (QED) is 0.804. The minimum atomic E-state index is -0.270. The van der Waals surface area contributed by atoms with E-state index in [0.29, 0.717) is 0 Å². The molecule has 0 atom stereocenters. The summed E-state index contributed by atoms with van der Waals surface area (Å²) < 4.78 is 0. The molecule has 0 aromatic heterocycles. The Morgan fingerprint density at radius 1 is 1.20 bits per heavy atom. The van der Waals surface area contributed by atoms with Gasteiger partial charge in [-0.25, -0.2) is 0 Å². The monoisotopic (exact) mass is 204 g/mol. The van der Waals surface area contributed by atoms with Crippen molar-refractivity contribution in [2.45, 2.75) is 38.0 Å². The Morgan fingerprint density at radius 2 is 1.73 bits per heavy atom. The number of Topliss-reactive ketones (excluding diaryl/α,β-unsaturated/α-hetero) is 1. The van der Waals surface area contributed by atoms with E-state index in [4.69, 9.17) is 0 Å². The first kappa shape index (κ1) is 10.2. The lowest BCUT2D eigenvalue weighted by Gasteiger charge is -2.26. The topological polar surface area (TPSA) is 37.3 Å². The van der Waals surface area contributed by atoms with Gasteiger partial charge in [0.05, 0.1) is 5.41 Å². The largest absolute Gasteiger partial charge is 0.508 e. The molecule has 1 fully saturated rings. The van der Waals surface area contributed by atoms with Crippen molar-refractivity contribution in [2.24, 2.45) is 0 Å². The second kappa shape index (κ2) is 3.69. The third-order valence-corrected chi connectivity index (χ3v) is 3.55. The van der Waals surface area contributed by atoms with Crippen LogP contribution in [-0.2, 0) is 10.2 Å². The molecule has 1 N–H and O–H groups in total. The number of hydrogen-bond acceptors (Lipinski definition) is 2. The van der Waals surface area contributed by atoms with Crippen molar-refractivity contribution in [1.29, 1.82) is 0 Å². The first-order valence-electron chi connectivity index (χ1n) is 5.46. The minimum Gasteiger partial charge on any atom is -0.508 e. The fourth-order valence-electron chi connectivity index (χ4n) is 2.60. The molecule has 1 aromatic carbocycles. The highest BCUT2D eigenvalue weighted by atomic mass is 16.3. The second-order valence-electron chi connectivity index (χ2n) is 4.39. The fraction of sp³-hybridized carbons (Fsp3) is 0.462. The van der Waals surface area contributed by atoms with Gasteiger partial charge in [0.1, 0.15) is 11.5 Å². The average Bonchev–Trinajstić information content (AvgIpc) is 2.69. The van der Waals surface area contributed by atoms with Gasteiger partial charge in [0.15, 0.2) is 0 Å². The van der Waals surface area contributed by atoms with Gasteiger partial charge in [-0.2, -0.15) is 0 Å². The number of carbonyl (C=O) groups is 1. The maximum Gasteiger partial charge on any atom is 0.140 e. The van der Waals surface area contributed by atoms with E-state index >= 15 is 0 Å². The summed E-state index contributed by atoms with van der Waals surface area (Å²) in [5.41, 5.74) is 0.790. The summed E-state index contributed by atoms with van der Waals surface area (Å²) >= 11 is 0. The van der Waals surface area contributed by atoms with Crippen molar-refractivity contribution in [1.82, 2.24) is 0 Å². The predicted molar refractivity (Wildman–Crippen MR) is 58.9 cm³/mol. The van der Waals surface area contributed by atoms with Gasteiger partial charge in [-0.1, -0.05) is 25.0 Å². The van der Waals surface area contributed by atoms with Crippen molar-refractivity contribution in [2.75, 3.05) is 0 Å². The molecule has 1 saturated carbocycles. The Labute approximate surface area is 89.9 Å². The summed E-state index contributed by atoms with van der Waals surface area (Å²) in [6.07, 6.45) is 4.15. The molecular formula is C13H16O2. The molecule has 0 aliphatic heterocycles. The Hall–Kier alpha value is -1.31. The molecular weight excluding hydrogens is 188 g/mol. The molecule has 2 heteroatoms. The zero-order valence-corrected chi connectivity index (χ0v) is 8.99. The fourth-order valence-corrected chi connectivity index (χ4v) is 2.60. The summed E-state index contributed by atoms with van der Waals surface area (Å²) in [6, 6.07) is 7.08. The number of phenolic OH excluding ortho intramolecular Hbond substituents is 1. The summed E-state index contributed by atoms with van der Waals surface area (Å²) in [5.74, 6) is 0.515. The first-order valence-corrected chi connectivity index (χ1v) is 5.46. The van der Waals surface area contributed by atoms with Crippen LogP contribution < -0.4 is 0 Å². The van der Waals surface area contributed by atoms with Crippen molar-refractivity contribution in [3.63, 3.8) is 0 Å². The molecule has 0 spiro atoms. The van der Waals surface area contributed by atoms with Gasteiger partial charge in [0.25, 0.3) is 0 Å². The van der Waals surface area contributed by atoms with Crippen LogP contribution in [0, 0.1) is 0 Å². The molecule has 15 heavy (non-hydrogen) atoms. The molecule has 2 nitrogen and oxygen atoms in total. The lowest BCUT2D eigenvalue weighted by atomic mass is 9.76. The Balaban J connectivity index is 2.41. The normalized spacial score (nSPS) is 19.0. The van der Waals surface area contributed by atoms with Gasteiger partial charge in [-0.05, 0) is 37.5 Å². The van der Waals surface area contributed by atoms with E-state index in [0.717, 1.165) is 31.2 Å². The van der Waals surface area contributed by atoms with Crippen LogP contribution in [0.5, 0.6) is 5.75 Å². The molecule has 0 saturated heterocycles. The van der Waals surface area contributed by atoms with E-state index in [-0.39, 0.29) is 16.9 Å². The standard InChI is InChI=1S/C13H16O2/c1-10(14)13(8-2-3-9-13)11-4-6-12(15)7-5-11/h4-7,15H,2-3,8-9H2,1H3. The number of benzene rings is 1. The molecule has 0 amide bonds. The van der Waals surface area contributed by atoms with Gasteiger partial charge >= 0.3 is 0 Å². The number of aromatic hydroxyl groups is 1. The van der Waals surface area contributed by atoms with Crippen molar-refractivity contribution in [3.05, 3.63) is 29.8 Å². The highest BCUT2D eigenvalue weighted by molar-refractivity contribution is 5.88. The molecule has 0 bridgehead atoms. The third-order valence-electron chi connectivity index (χ3n) is 3.55. The highest BCUT2D eigenvalue weighted by Crippen LogP contribution is 2.42. The van der Waals surface area contributed by atoms with Crippen LogP contribution in [0.2, 0.25) is 0 Å².